The van der Waals surface area contributed by atoms with Crippen LogP contribution in [-0.4, -0.2) is 6.10 Å². The number of hydrogen-bond donors (Lipinski definition) is 0. The Bertz CT molecular complexity index is 238. The molecular weight excluding hydrogens is 167 g/mol. The van der Waals surface area contributed by atoms with Crippen LogP contribution in [0.15, 0.2) is 23.2 Å². The van der Waals surface area contributed by atoms with Crippen LogP contribution in [0.2, 0.25) is 0 Å². The summed E-state index contributed by atoms with van der Waals surface area (Å²) in [5, 5.41) is 0. The molecule has 0 spiro atoms. The van der Waals surface area contributed by atoms with Gasteiger partial charge in [-0.3, -0.25) is 0 Å². The molecule has 13 heavy (non-hydrogen) atoms. The molecule has 0 aromatic heterocycles. The minimum Gasteiger partial charge on any atom is -0.488 e. The third-order valence-corrected chi connectivity index (χ3v) is 2.08. The van der Waals surface area contributed by atoms with Crippen molar-refractivity contribution in [3.63, 3.8) is 0 Å². The summed E-state index contributed by atoms with van der Waals surface area (Å²) in [7, 11) is 0. The third kappa shape index (κ3) is 2.87. The van der Waals surface area contributed by atoms with Gasteiger partial charge in [0.1, 0.15) is 5.83 Å². The molecule has 0 aromatic rings. The third-order valence-electron chi connectivity index (χ3n) is 2.08. The molecule has 0 aliphatic heterocycles. The molecule has 0 N–H and O–H groups in total. The van der Waals surface area contributed by atoms with Gasteiger partial charge in [-0.25, -0.2) is 4.39 Å². The Hall–Kier alpha value is -0.790. The van der Waals surface area contributed by atoms with Crippen LogP contribution in [-0.2, 0) is 4.74 Å². The van der Waals surface area contributed by atoms with Crippen LogP contribution < -0.4 is 0 Å². The number of halogens is 1. The Labute approximate surface area is 79.3 Å². The molecular formula is C11H17FO. The van der Waals surface area contributed by atoms with Crippen LogP contribution in [0.3, 0.4) is 0 Å². The highest BCUT2D eigenvalue weighted by Gasteiger charge is 2.14. The molecule has 0 saturated heterocycles. The molecule has 0 fully saturated rings. The molecule has 0 amide bonds. The molecule has 0 heterocycles. The van der Waals surface area contributed by atoms with Crippen LogP contribution in [0.4, 0.5) is 4.39 Å². The molecule has 0 atom stereocenters. The van der Waals surface area contributed by atoms with Crippen molar-refractivity contribution >= 4 is 0 Å². The fraction of sp³-hybridized carbons (Fsp3) is 0.636. The van der Waals surface area contributed by atoms with Gasteiger partial charge in [-0.05, 0) is 32.8 Å². The summed E-state index contributed by atoms with van der Waals surface area (Å²) >= 11 is 0. The number of ether oxygens (including phenoxy) is 1. The first-order chi connectivity index (χ1) is 6.13. The number of allylic oxidation sites excluding steroid dienone is 3. The summed E-state index contributed by atoms with van der Waals surface area (Å²) in [4.78, 5) is 0. The van der Waals surface area contributed by atoms with E-state index < -0.39 is 0 Å². The van der Waals surface area contributed by atoms with Crippen LogP contribution in [0.5, 0.6) is 0 Å². The molecule has 74 valence electrons. The Morgan fingerprint density at radius 1 is 1.46 bits per heavy atom. The first kappa shape index (κ1) is 10.3. The second-order valence-electron chi connectivity index (χ2n) is 3.59. The van der Waals surface area contributed by atoms with E-state index in [1.54, 1.807) is 0 Å². The van der Waals surface area contributed by atoms with Gasteiger partial charge < -0.3 is 4.74 Å². The second kappa shape index (κ2) is 4.45. The van der Waals surface area contributed by atoms with Crippen molar-refractivity contribution in [3.8, 4) is 0 Å². The van der Waals surface area contributed by atoms with Crippen LogP contribution in [0, 0.1) is 0 Å². The van der Waals surface area contributed by atoms with E-state index in [-0.39, 0.29) is 11.9 Å². The lowest BCUT2D eigenvalue weighted by atomic mass is 10.0. The Morgan fingerprint density at radius 3 is 2.69 bits per heavy atom. The molecule has 0 aromatic carbocycles. The van der Waals surface area contributed by atoms with Gasteiger partial charge in [0.25, 0.3) is 0 Å². The largest absolute Gasteiger partial charge is 0.488 e. The van der Waals surface area contributed by atoms with Crippen LogP contribution in [0.25, 0.3) is 0 Å². The second-order valence-corrected chi connectivity index (χ2v) is 3.59. The molecule has 0 unspecified atom stereocenters. The van der Waals surface area contributed by atoms with Crippen molar-refractivity contribution in [2.75, 3.05) is 0 Å². The van der Waals surface area contributed by atoms with Crippen molar-refractivity contribution in [2.45, 2.75) is 46.1 Å². The van der Waals surface area contributed by atoms with Crippen molar-refractivity contribution in [1.82, 2.24) is 0 Å². The highest BCUT2D eigenvalue weighted by Crippen LogP contribution is 2.27. The van der Waals surface area contributed by atoms with Gasteiger partial charge in [0, 0.05) is 6.42 Å². The van der Waals surface area contributed by atoms with Gasteiger partial charge in [-0.2, -0.15) is 0 Å². The van der Waals surface area contributed by atoms with E-state index in [2.05, 4.69) is 6.92 Å². The molecule has 1 aliphatic rings. The zero-order chi connectivity index (χ0) is 9.84. The monoisotopic (exact) mass is 184 g/mol. The lowest BCUT2D eigenvalue weighted by Crippen LogP contribution is -2.06. The SMILES string of the molecule is CCC1=CC(OC(C)C)=C(F)CC1. The van der Waals surface area contributed by atoms with Gasteiger partial charge >= 0.3 is 0 Å². The van der Waals surface area contributed by atoms with E-state index in [0.29, 0.717) is 12.2 Å². The molecule has 2 heteroatoms. The number of hydrogen-bond acceptors (Lipinski definition) is 1. The molecule has 1 rings (SSSR count). The molecule has 1 nitrogen and oxygen atoms in total. The molecule has 0 saturated carbocycles. The van der Waals surface area contributed by atoms with E-state index in [0.717, 1.165) is 12.8 Å². The summed E-state index contributed by atoms with van der Waals surface area (Å²) < 4.78 is 18.6. The lowest BCUT2D eigenvalue weighted by molar-refractivity contribution is 0.147. The fourth-order valence-electron chi connectivity index (χ4n) is 1.36. The Balaban J connectivity index is 2.73. The maximum atomic E-state index is 13.2. The quantitative estimate of drug-likeness (QED) is 0.649. The van der Waals surface area contributed by atoms with Gasteiger partial charge in [-0.1, -0.05) is 12.5 Å². The van der Waals surface area contributed by atoms with E-state index in [9.17, 15) is 4.39 Å². The highest BCUT2D eigenvalue weighted by atomic mass is 19.1. The summed E-state index contributed by atoms with van der Waals surface area (Å²) in [5.74, 6) is 0.337. The average molecular weight is 184 g/mol. The van der Waals surface area contributed by atoms with Gasteiger partial charge in [0.2, 0.25) is 0 Å². The van der Waals surface area contributed by atoms with E-state index in [1.165, 1.54) is 5.57 Å². The summed E-state index contributed by atoms with van der Waals surface area (Å²) in [6, 6.07) is 0. The molecule has 1 aliphatic carbocycles. The predicted octanol–water partition coefficient (Wildman–Crippen LogP) is 3.72. The minimum absolute atomic E-state index is 0.0493. The molecule has 0 bridgehead atoms. The van der Waals surface area contributed by atoms with Crippen LogP contribution >= 0.6 is 0 Å². The van der Waals surface area contributed by atoms with E-state index in [4.69, 9.17) is 4.74 Å². The number of rotatable bonds is 3. The average Bonchev–Trinajstić information content (AvgIpc) is 2.08. The normalized spacial score (nSPS) is 17.8. The summed E-state index contributed by atoms with van der Waals surface area (Å²) in [6.45, 7) is 5.91. The highest BCUT2D eigenvalue weighted by molar-refractivity contribution is 5.26. The first-order valence-electron chi connectivity index (χ1n) is 4.88. The van der Waals surface area contributed by atoms with Crippen molar-refractivity contribution < 1.29 is 9.13 Å². The minimum atomic E-state index is -0.106. The maximum Gasteiger partial charge on any atom is 0.151 e. The maximum absolute atomic E-state index is 13.2. The van der Waals surface area contributed by atoms with E-state index >= 15 is 0 Å². The lowest BCUT2D eigenvalue weighted by Gasteiger charge is -2.17. The summed E-state index contributed by atoms with van der Waals surface area (Å²) in [6.07, 6.45) is 4.22. The molecule has 0 radical (unpaired) electrons. The Kier molecular flexibility index (Phi) is 3.52. The smallest absolute Gasteiger partial charge is 0.151 e. The standard InChI is InChI=1S/C11H17FO/c1-4-9-5-6-10(12)11(7-9)13-8(2)3/h7-8H,4-6H2,1-3H3. The van der Waals surface area contributed by atoms with Crippen molar-refractivity contribution in [2.24, 2.45) is 0 Å². The fourth-order valence-corrected chi connectivity index (χ4v) is 1.36. The first-order valence-corrected chi connectivity index (χ1v) is 4.88. The van der Waals surface area contributed by atoms with Crippen molar-refractivity contribution in [1.29, 1.82) is 0 Å². The topological polar surface area (TPSA) is 9.23 Å². The van der Waals surface area contributed by atoms with Crippen molar-refractivity contribution in [3.05, 3.63) is 23.2 Å². The summed E-state index contributed by atoms with van der Waals surface area (Å²) in [5.41, 5.74) is 1.28. The predicted molar refractivity (Wildman–Crippen MR) is 52.0 cm³/mol. The zero-order valence-corrected chi connectivity index (χ0v) is 8.56. The van der Waals surface area contributed by atoms with Gasteiger partial charge in [0.05, 0.1) is 6.10 Å². The van der Waals surface area contributed by atoms with Gasteiger partial charge in [-0.15, -0.1) is 0 Å². The van der Waals surface area contributed by atoms with Crippen LogP contribution in [0.1, 0.15) is 40.0 Å². The van der Waals surface area contributed by atoms with E-state index in [1.807, 2.05) is 19.9 Å². The Morgan fingerprint density at radius 2 is 2.15 bits per heavy atom. The zero-order valence-electron chi connectivity index (χ0n) is 8.56. The van der Waals surface area contributed by atoms with Gasteiger partial charge in [0.15, 0.2) is 5.76 Å².